The number of benzene rings is 1. The molecule has 1 N–H and O–H groups in total. The lowest BCUT2D eigenvalue weighted by Gasteiger charge is -2.13. The lowest BCUT2D eigenvalue weighted by molar-refractivity contribution is -0.154. The summed E-state index contributed by atoms with van der Waals surface area (Å²) in [4.78, 5) is 23.1. The van der Waals surface area contributed by atoms with Gasteiger partial charge in [-0.3, -0.25) is 9.59 Å². The standard InChI is InChI=1S/C13H14FNO3/c1-8(18-13(17)9-5-6-9)12(16)15-11-4-2-3-10(14)7-11/h2-4,7-9H,5-6H2,1H3,(H,15,16)/t8-/m1/s1. The second kappa shape index (κ2) is 5.16. The predicted octanol–water partition coefficient (Wildman–Crippen LogP) is 2.11. The van der Waals surface area contributed by atoms with Crippen LogP contribution >= 0.6 is 0 Å². The molecule has 4 nitrogen and oxygen atoms in total. The first-order valence-corrected chi connectivity index (χ1v) is 5.83. The number of carbonyl (C=O) groups excluding carboxylic acids is 2. The highest BCUT2D eigenvalue weighted by Crippen LogP contribution is 2.30. The summed E-state index contributed by atoms with van der Waals surface area (Å²) < 4.78 is 17.9. The first-order chi connectivity index (χ1) is 8.56. The lowest BCUT2D eigenvalue weighted by Crippen LogP contribution is -2.30. The van der Waals surface area contributed by atoms with Gasteiger partial charge in [0.2, 0.25) is 0 Å². The van der Waals surface area contributed by atoms with Crippen molar-refractivity contribution in [2.24, 2.45) is 5.92 Å². The van der Waals surface area contributed by atoms with Crippen molar-refractivity contribution in [1.29, 1.82) is 0 Å². The Morgan fingerprint density at radius 1 is 1.44 bits per heavy atom. The first-order valence-electron chi connectivity index (χ1n) is 5.83. The third-order valence-corrected chi connectivity index (χ3v) is 2.66. The van der Waals surface area contributed by atoms with E-state index >= 15 is 0 Å². The molecule has 1 saturated carbocycles. The summed E-state index contributed by atoms with van der Waals surface area (Å²) in [5.74, 6) is -1.28. The Balaban J connectivity index is 1.88. The molecule has 0 aliphatic heterocycles. The van der Waals surface area contributed by atoms with Crippen LogP contribution in [0.3, 0.4) is 0 Å². The maximum Gasteiger partial charge on any atom is 0.309 e. The fraction of sp³-hybridized carbons (Fsp3) is 0.385. The number of esters is 1. The van der Waals surface area contributed by atoms with E-state index in [0.29, 0.717) is 5.69 Å². The Hall–Kier alpha value is -1.91. The normalized spacial score (nSPS) is 15.9. The van der Waals surface area contributed by atoms with Crippen molar-refractivity contribution < 1.29 is 18.7 Å². The van der Waals surface area contributed by atoms with Gasteiger partial charge in [-0.05, 0) is 38.0 Å². The minimum absolute atomic E-state index is 0.0468. The maximum atomic E-state index is 12.9. The van der Waals surface area contributed by atoms with Gasteiger partial charge in [0.25, 0.3) is 5.91 Å². The van der Waals surface area contributed by atoms with Gasteiger partial charge in [-0.25, -0.2) is 4.39 Å². The molecule has 0 bridgehead atoms. The molecule has 1 amide bonds. The van der Waals surface area contributed by atoms with Crippen LogP contribution in [-0.2, 0) is 14.3 Å². The Bertz CT molecular complexity index is 471. The van der Waals surface area contributed by atoms with Crippen LogP contribution in [0.5, 0.6) is 0 Å². The van der Waals surface area contributed by atoms with Crippen LogP contribution < -0.4 is 5.32 Å². The summed E-state index contributed by atoms with van der Waals surface area (Å²) in [6, 6.07) is 5.54. The van der Waals surface area contributed by atoms with Crippen molar-refractivity contribution >= 4 is 17.6 Å². The Morgan fingerprint density at radius 2 is 2.17 bits per heavy atom. The molecule has 2 rings (SSSR count). The van der Waals surface area contributed by atoms with Gasteiger partial charge >= 0.3 is 5.97 Å². The number of halogens is 1. The summed E-state index contributed by atoms with van der Waals surface area (Å²) >= 11 is 0. The molecule has 0 unspecified atom stereocenters. The van der Waals surface area contributed by atoms with Crippen molar-refractivity contribution in [3.8, 4) is 0 Å². The van der Waals surface area contributed by atoms with Gasteiger partial charge in [0.15, 0.2) is 6.10 Å². The molecule has 18 heavy (non-hydrogen) atoms. The zero-order valence-electron chi connectivity index (χ0n) is 9.98. The van der Waals surface area contributed by atoms with Gasteiger partial charge in [0.05, 0.1) is 5.92 Å². The SMILES string of the molecule is C[C@@H](OC(=O)C1CC1)C(=O)Nc1cccc(F)c1. The van der Waals surface area contributed by atoms with Gasteiger partial charge in [-0.2, -0.15) is 0 Å². The summed E-state index contributed by atoms with van der Waals surface area (Å²) in [6.07, 6.45) is 0.787. The van der Waals surface area contributed by atoms with Crippen molar-refractivity contribution in [3.63, 3.8) is 0 Å². The van der Waals surface area contributed by atoms with Crippen LogP contribution in [0.25, 0.3) is 0 Å². The van der Waals surface area contributed by atoms with Crippen LogP contribution in [0, 0.1) is 11.7 Å². The van der Waals surface area contributed by atoms with E-state index in [1.54, 1.807) is 6.07 Å². The van der Waals surface area contributed by atoms with Crippen LogP contribution in [0.2, 0.25) is 0 Å². The number of carbonyl (C=O) groups is 2. The number of ether oxygens (including phenoxy) is 1. The van der Waals surface area contributed by atoms with E-state index in [1.165, 1.54) is 25.1 Å². The molecule has 5 heteroatoms. The lowest BCUT2D eigenvalue weighted by atomic mass is 10.3. The molecular weight excluding hydrogens is 237 g/mol. The van der Waals surface area contributed by atoms with Gasteiger partial charge in [-0.15, -0.1) is 0 Å². The smallest absolute Gasteiger partial charge is 0.309 e. The van der Waals surface area contributed by atoms with Crippen LogP contribution in [0.1, 0.15) is 19.8 Å². The van der Waals surface area contributed by atoms with Crippen LogP contribution in [0.4, 0.5) is 10.1 Å². The van der Waals surface area contributed by atoms with E-state index in [2.05, 4.69) is 5.32 Å². The topological polar surface area (TPSA) is 55.4 Å². The van der Waals surface area contributed by atoms with Crippen LogP contribution in [-0.4, -0.2) is 18.0 Å². The fourth-order valence-corrected chi connectivity index (χ4v) is 1.45. The monoisotopic (exact) mass is 251 g/mol. The number of hydrogen-bond donors (Lipinski definition) is 1. The Labute approximate surface area is 104 Å². The summed E-state index contributed by atoms with van der Waals surface area (Å²) in [7, 11) is 0. The van der Waals surface area contributed by atoms with Gasteiger partial charge in [0.1, 0.15) is 5.82 Å². The molecule has 1 aliphatic carbocycles. The molecule has 0 radical (unpaired) electrons. The van der Waals surface area contributed by atoms with Gasteiger partial charge in [-0.1, -0.05) is 6.07 Å². The van der Waals surface area contributed by atoms with Crippen molar-refractivity contribution in [2.75, 3.05) is 5.32 Å². The molecule has 0 heterocycles. The van der Waals surface area contributed by atoms with E-state index in [0.717, 1.165) is 12.8 Å². The largest absolute Gasteiger partial charge is 0.452 e. The molecule has 1 aliphatic rings. The van der Waals surface area contributed by atoms with Crippen molar-refractivity contribution in [2.45, 2.75) is 25.9 Å². The molecule has 96 valence electrons. The first kappa shape index (κ1) is 12.5. The average molecular weight is 251 g/mol. The minimum Gasteiger partial charge on any atom is -0.452 e. The molecule has 0 saturated heterocycles. The van der Waals surface area contributed by atoms with E-state index in [9.17, 15) is 14.0 Å². The molecule has 1 aromatic carbocycles. The molecule has 1 aromatic rings. The van der Waals surface area contributed by atoms with Gasteiger partial charge < -0.3 is 10.1 Å². The second-order valence-electron chi connectivity index (χ2n) is 4.35. The predicted molar refractivity (Wildman–Crippen MR) is 63.3 cm³/mol. The fourth-order valence-electron chi connectivity index (χ4n) is 1.45. The van der Waals surface area contributed by atoms with Crippen LogP contribution in [0.15, 0.2) is 24.3 Å². The number of rotatable bonds is 4. The molecule has 0 spiro atoms. The number of anilines is 1. The zero-order valence-corrected chi connectivity index (χ0v) is 9.98. The highest BCUT2D eigenvalue weighted by Gasteiger charge is 2.33. The van der Waals surface area contributed by atoms with E-state index in [-0.39, 0.29) is 11.9 Å². The van der Waals surface area contributed by atoms with Crippen molar-refractivity contribution in [1.82, 2.24) is 0 Å². The zero-order chi connectivity index (χ0) is 13.1. The Morgan fingerprint density at radius 3 is 2.78 bits per heavy atom. The molecule has 1 atom stereocenters. The third-order valence-electron chi connectivity index (χ3n) is 2.66. The number of hydrogen-bond acceptors (Lipinski definition) is 3. The van der Waals surface area contributed by atoms with E-state index in [1.807, 2.05) is 0 Å². The maximum absolute atomic E-state index is 12.9. The Kier molecular flexibility index (Phi) is 3.60. The van der Waals surface area contributed by atoms with Crippen molar-refractivity contribution in [3.05, 3.63) is 30.1 Å². The summed E-state index contributed by atoms with van der Waals surface area (Å²) in [6.45, 7) is 1.49. The second-order valence-corrected chi connectivity index (χ2v) is 4.35. The number of nitrogens with one attached hydrogen (secondary N) is 1. The van der Waals surface area contributed by atoms with E-state index < -0.39 is 17.8 Å². The van der Waals surface area contributed by atoms with Gasteiger partial charge in [0, 0.05) is 5.69 Å². The molecule has 1 fully saturated rings. The average Bonchev–Trinajstić information content (AvgIpc) is 3.12. The quantitative estimate of drug-likeness (QED) is 0.834. The highest BCUT2D eigenvalue weighted by molar-refractivity contribution is 5.95. The highest BCUT2D eigenvalue weighted by atomic mass is 19.1. The minimum atomic E-state index is -0.874. The molecular formula is C13H14FNO3. The number of amides is 1. The van der Waals surface area contributed by atoms with E-state index in [4.69, 9.17) is 4.74 Å². The third kappa shape index (κ3) is 3.29. The summed E-state index contributed by atoms with van der Waals surface area (Å²) in [5, 5.41) is 2.49. The summed E-state index contributed by atoms with van der Waals surface area (Å²) in [5.41, 5.74) is 0.342. The molecule has 0 aromatic heterocycles.